The first kappa shape index (κ1) is 9.52. The Labute approximate surface area is 87.7 Å². The lowest BCUT2D eigenvalue weighted by Gasteiger charge is -2.33. The average Bonchev–Trinajstić information content (AvgIpc) is 2.66. The van der Waals surface area contributed by atoms with Crippen LogP contribution < -0.4 is 5.32 Å². The number of hydrogen-bond acceptors (Lipinski definition) is 2. The first-order chi connectivity index (χ1) is 6.74. The van der Waals surface area contributed by atoms with Crippen LogP contribution in [0.5, 0.6) is 0 Å². The van der Waals surface area contributed by atoms with Gasteiger partial charge in [-0.25, -0.2) is 4.79 Å². The van der Waals surface area contributed by atoms with Crippen LogP contribution in [0.1, 0.15) is 23.4 Å². The molecule has 1 atom stereocenters. The van der Waals surface area contributed by atoms with Crippen molar-refractivity contribution in [2.75, 3.05) is 13.6 Å². The summed E-state index contributed by atoms with van der Waals surface area (Å²) in [4.78, 5) is 14.8. The van der Waals surface area contributed by atoms with Crippen LogP contribution in [-0.2, 0) is 6.42 Å². The largest absolute Gasteiger partial charge is 0.341 e. The van der Waals surface area contributed by atoms with Gasteiger partial charge in [-0.05, 0) is 30.4 Å². The van der Waals surface area contributed by atoms with Crippen molar-refractivity contribution in [3.05, 3.63) is 21.9 Å². The Balaban J connectivity index is 2.25. The number of rotatable bonds is 0. The van der Waals surface area contributed by atoms with Crippen molar-refractivity contribution in [1.29, 1.82) is 0 Å². The van der Waals surface area contributed by atoms with E-state index in [0.717, 1.165) is 13.0 Å². The lowest BCUT2D eigenvalue weighted by molar-refractivity contribution is 0.177. The first-order valence-electron chi connectivity index (χ1n) is 4.78. The minimum absolute atomic E-state index is 0.0225. The smallest absolute Gasteiger partial charge is 0.317 e. The summed E-state index contributed by atoms with van der Waals surface area (Å²) in [5.74, 6) is 0. The van der Waals surface area contributed by atoms with Crippen LogP contribution in [0.4, 0.5) is 4.79 Å². The van der Waals surface area contributed by atoms with Crippen molar-refractivity contribution in [2.45, 2.75) is 19.4 Å². The highest BCUT2D eigenvalue weighted by Gasteiger charge is 2.27. The molecule has 0 bridgehead atoms. The van der Waals surface area contributed by atoms with Gasteiger partial charge in [0.2, 0.25) is 0 Å². The number of carbonyl (C=O) groups excluding carboxylic acids is 1. The summed E-state index contributed by atoms with van der Waals surface area (Å²) in [5.41, 5.74) is 1.31. The normalized spacial score (nSPS) is 20.4. The highest BCUT2D eigenvalue weighted by molar-refractivity contribution is 7.10. The summed E-state index contributed by atoms with van der Waals surface area (Å²) in [6.07, 6.45) is 0.991. The monoisotopic (exact) mass is 210 g/mol. The molecule has 1 N–H and O–H groups in total. The van der Waals surface area contributed by atoms with E-state index in [1.165, 1.54) is 10.4 Å². The van der Waals surface area contributed by atoms with Crippen LogP contribution >= 0.6 is 11.3 Å². The Kier molecular flexibility index (Phi) is 2.46. The fourth-order valence-corrected chi connectivity index (χ4v) is 2.89. The maximum absolute atomic E-state index is 11.5. The average molecular weight is 210 g/mol. The van der Waals surface area contributed by atoms with E-state index >= 15 is 0 Å². The Morgan fingerprint density at radius 2 is 2.50 bits per heavy atom. The second-order valence-electron chi connectivity index (χ2n) is 3.47. The summed E-state index contributed by atoms with van der Waals surface area (Å²) < 4.78 is 0. The second-order valence-corrected chi connectivity index (χ2v) is 4.47. The molecule has 76 valence electrons. The van der Waals surface area contributed by atoms with Crippen molar-refractivity contribution >= 4 is 17.4 Å². The molecule has 0 saturated heterocycles. The third kappa shape index (κ3) is 1.39. The lowest BCUT2D eigenvalue weighted by Crippen LogP contribution is -2.43. The van der Waals surface area contributed by atoms with E-state index in [-0.39, 0.29) is 12.1 Å². The van der Waals surface area contributed by atoms with E-state index in [2.05, 4.69) is 23.7 Å². The lowest BCUT2D eigenvalue weighted by atomic mass is 10.0. The van der Waals surface area contributed by atoms with E-state index in [4.69, 9.17) is 0 Å². The Hall–Kier alpha value is -1.03. The van der Waals surface area contributed by atoms with Gasteiger partial charge in [0.25, 0.3) is 0 Å². The van der Waals surface area contributed by atoms with Gasteiger partial charge < -0.3 is 10.2 Å². The molecule has 0 spiro atoms. The van der Waals surface area contributed by atoms with Crippen LogP contribution in [0.3, 0.4) is 0 Å². The molecule has 1 aromatic rings. The molecule has 0 fully saturated rings. The highest BCUT2D eigenvalue weighted by atomic mass is 32.1. The molecule has 0 saturated carbocycles. The minimum atomic E-state index is 0.0225. The van der Waals surface area contributed by atoms with Crippen molar-refractivity contribution in [3.63, 3.8) is 0 Å². The van der Waals surface area contributed by atoms with Crippen molar-refractivity contribution in [2.24, 2.45) is 0 Å². The van der Waals surface area contributed by atoms with Gasteiger partial charge in [0.1, 0.15) is 0 Å². The molecule has 2 heterocycles. The third-order valence-corrected chi connectivity index (χ3v) is 3.75. The molecule has 0 aromatic carbocycles. The number of thiophene rings is 1. The van der Waals surface area contributed by atoms with E-state index in [9.17, 15) is 4.79 Å². The zero-order chi connectivity index (χ0) is 10.1. The molecule has 2 amide bonds. The summed E-state index contributed by atoms with van der Waals surface area (Å²) in [7, 11) is 1.68. The number of nitrogens with one attached hydrogen (secondary N) is 1. The van der Waals surface area contributed by atoms with Gasteiger partial charge in [-0.2, -0.15) is 0 Å². The van der Waals surface area contributed by atoms with E-state index in [1.54, 1.807) is 18.4 Å². The summed E-state index contributed by atoms with van der Waals surface area (Å²) in [6, 6.07) is 2.36. The maximum atomic E-state index is 11.5. The molecule has 0 radical (unpaired) electrons. The van der Waals surface area contributed by atoms with Crippen molar-refractivity contribution in [3.8, 4) is 0 Å². The van der Waals surface area contributed by atoms with Crippen LogP contribution in [0.15, 0.2) is 11.4 Å². The standard InChI is InChI=1S/C10H14N2OS/c1-7-8-4-6-14-9(8)3-5-12(7)10(13)11-2/h4,6-7H,3,5H2,1-2H3,(H,11,13). The Morgan fingerprint density at radius 1 is 1.71 bits per heavy atom. The van der Waals surface area contributed by atoms with E-state index in [1.807, 2.05) is 4.90 Å². The molecule has 2 rings (SSSR count). The van der Waals surface area contributed by atoms with Crippen molar-refractivity contribution < 1.29 is 4.79 Å². The van der Waals surface area contributed by atoms with Gasteiger partial charge in [0, 0.05) is 18.5 Å². The number of carbonyl (C=O) groups is 1. The Morgan fingerprint density at radius 3 is 3.21 bits per heavy atom. The van der Waals surface area contributed by atoms with Crippen LogP contribution in [0.25, 0.3) is 0 Å². The number of amides is 2. The number of urea groups is 1. The van der Waals surface area contributed by atoms with Crippen LogP contribution in [0.2, 0.25) is 0 Å². The van der Waals surface area contributed by atoms with Gasteiger partial charge in [0.15, 0.2) is 0 Å². The van der Waals surface area contributed by atoms with Gasteiger partial charge in [-0.3, -0.25) is 0 Å². The zero-order valence-corrected chi connectivity index (χ0v) is 9.23. The molecule has 0 aliphatic carbocycles. The predicted octanol–water partition coefficient (Wildman–Crippen LogP) is 2.01. The first-order valence-corrected chi connectivity index (χ1v) is 5.66. The number of fused-ring (bicyclic) bond motifs is 1. The summed E-state index contributed by atoms with van der Waals surface area (Å²) in [5, 5.41) is 4.78. The SMILES string of the molecule is CNC(=O)N1CCc2sccc2C1C. The molecule has 1 aliphatic heterocycles. The van der Waals surface area contributed by atoms with E-state index < -0.39 is 0 Å². The molecule has 4 heteroatoms. The molecule has 1 unspecified atom stereocenters. The molecule has 1 aliphatic rings. The second kappa shape index (κ2) is 3.61. The number of hydrogen-bond donors (Lipinski definition) is 1. The van der Waals surface area contributed by atoms with Crippen LogP contribution in [0, 0.1) is 0 Å². The topological polar surface area (TPSA) is 32.3 Å². The number of nitrogens with zero attached hydrogens (tertiary/aromatic N) is 1. The van der Waals surface area contributed by atoms with E-state index in [0.29, 0.717) is 0 Å². The van der Waals surface area contributed by atoms with Crippen molar-refractivity contribution in [1.82, 2.24) is 10.2 Å². The molecule has 14 heavy (non-hydrogen) atoms. The fourth-order valence-electron chi connectivity index (χ4n) is 1.93. The Bertz CT molecular complexity index is 348. The predicted molar refractivity (Wildman–Crippen MR) is 57.6 cm³/mol. The molecule has 3 nitrogen and oxygen atoms in total. The molecule has 1 aromatic heterocycles. The minimum Gasteiger partial charge on any atom is -0.341 e. The summed E-state index contributed by atoms with van der Waals surface area (Å²) in [6.45, 7) is 2.91. The van der Waals surface area contributed by atoms with Crippen LogP contribution in [-0.4, -0.2) is 24.5 Å². The van der Waals surface area contributed by atoms with Gasteiger partial charge in [0.05, 0.1) is 6.04 Å². The quantitative estimate of drug-likeness (QED) is 0.698. The van der Waals surface area contributed by atoms with Gasteiger partial charge in [-0.15, -0.1) is 11.3 Å². The third-order valence-electron chi connectivity index (χ3n) is 2.75. The maximum Gasteiger partial charge on any atom is 0.317 e. The fraction of sp³-hybridized carbons (Fsp3) is 0.500. The molecular weight excluding hydrogens is 196 g/mol. The summed E-state index contributed by atoms with van der Waals surface area (Å²) >= 11 is 1.79. The molecular formula is C10H14N2OS. The van der Waals surface area contributed by atoms with Gasteiger partial charge >= 0.3 is 6.03 Å². The zero-order valence-electron chi connectivity index (χ0n) is 8.41. The van der Waals surface area contributed by atoms with Gasteiger partial charge in [-0.1, -0.05) is 0 Å². The highest BCUT2D eigenvalue weighted by Crippen LogP contribution is 2.32.